The van der Waals surface area contributed by atoms with Gasteiger partial charge >= 0.3 is 18.3 Å². The van der Waals surface area contributed by atoms with Crippen molar-refractivity contribution >= 4 is 28.5 Å². The summed E-state index contributed by atoms with van der Waals surface area (Å²) in [6.45, 7) is 7.58. The summed E-state index contributed by atoms with van der Waals surface area (Å²) in [4.78, 5) is 13.3. The number of halogens is 7. The predicted molar refractivity (Wildman–Crippen MR) is 139 cm³/mol. The minimum atomic E-state index is -5.09. The Bertz CT molecular complexity index is 1530. The Morgan fingerprint density at radius 3 is 1.90 bits per heavy atom. The van der Waals surface area contributed by atoms with Gasteiger partial charge in [-0.05, 0) is 66.4 Å². The number of esters is 1. The van der Waals surface area contributed by atoms with Gasteiger partial charge in [-0.15, -0.1) is 0 Å². The molecule has 4 aromatic rings. The van der Waals surface area contributed by atoms with E-state index in [9.17, 15) is 31.1 Å². The Labute approximate surface area is 231 Å². The summed E-state index contributed by atoms with van der Waals surface area (Å²) >= 11 is 6.20. The molecule has 0 aliphatic carbocycles. The molecule has 0 saturated carbocycles. The highest BCUT2D eigenvalue weighted by molar-refractivity contribution is 6.31. The number of carbonyl (C=O) groups is 1. The maximum Gasteiger partial charge on any atom is 0.416 e. The zero-order chi connectivity index (χ0) is 29.6. The molecule has 0 spiro atoms. The van der Waals surface area contributed by atoms with Gasteiger partial charge < -0.3 is 14.0 Å². The highest BCUT2D eigenvalue weighted by Gasteiger charge is 2.38. The third-order valence-electron chi connectivity index (χ3n) is 6.12. The summed E-state index contributed by atoms with van der Waals surface area (Å²) in [5.41, 5.74) is -1.68. The van der Waals surface area contributed by atoms with Gasteiger partial charge in [-0.2, -0.15) is 26.3 Å². The fraction of sp³-hybridized carbons (Fsp3) is 0.276. The smallest absolute Gasteiger partial charge is 0.416 e. The minimum absolute atomic E-state index is 0.00393. The van der Waals surface area contributed by atoms with Crippen LogP contribution in [-0.2, 0) is 22.5 Å². The Balaban J connectivity index is 2.01. The first-order valence-electron chi connectivity index (χ1n) is 12.1. The Hall–Kier alpha value is -3.66. The first-order valence-corrected chi connectivity index (χ1v) is 12.5. The normalized spacial score (nSPS) is 12.6. The van der Waals surface area contributed by atoms with E-state index in [1.807, 2.05) is 32.9 Å². The minimum Gasteiger partial charge on any atom is -0.461 e. The lowest BCUT2D eigenvalue weighted by molar-refractivity contribution is -0.143. The van der Waals surface area contributed by atoms with Gasteiger partial charge in [0.1, 0.15) is 5.75 Å². The van der Waals surface area contributed by atoms with E-state index in [2.05, 4.69) is 0 Å². The molecule has 0 aliphatic heterocycles. The van der Waals surface area contributed by atoms with Crippen LogP contribution in [0.1, 0.15) is 54.9 Å². The predicted octanol–water partition coefficient (Wildman–Crippen LogP) is 9.59. The van der Waals surface area contributed by atoms with Crippen LogP contribution in [0.4, 0.5) is 26.3 Å². The van der Waals surface area contributed by atoms with Gasteiger partial charge in [-0.1, -0.05) is 44.5 Å². The van der Waals surface area contributed by atoms with Crippen LogP contribution in [0.25, 0.3) is 16.6 Å². The summed E-state index contributed by atoms with van der Waals surface area (Å²) in [7, 11) is 0. The van der Waals surface area contributed by atoms with Crippen LogP contribution in [0.5, 0.6) is 11.5 Å². The molecule has 0 fully saturated rings. The summed E-state index contributed by atoms with van der Waals surface area (Å²) in [5, 5.41) is 0.384. The third kappa shape index (κ3) is 5.91. The van der Waals surface area contributed by atoms with Gasteiger partial charge in [0.2, 0.25) is 0 Å². The summed E-state index contributed by atoms with van der Waals surface area (Å²) in [6, 6.07) is 12.6. The van der Waals surface area contributed by atoms with Crippen LogP contribution in [-0.4, -0.2) is 17.1 Å². The second-order valence-corrected chi connectivity index (χ2v) is 10.5. The summed E-state index contributed by atoms with van der Waals surface area (Å²) in [6.07, 6.45) is -10.2. The van der Waals surface area contributed by atoms with Crippen molar-refractivity contribution < 1.29 is 40.6 Å². The van der Waals surface area contributed by atoms with Crippen LogP contribution in [0.3, 0.4) is 0 Å². The lowest BCUT2D eigenvalue weighted by Gasteiger charge is -2.20. The van der Waals surface area contributed by atoms with Gasteiger partial charge in [0, 0.05) is 16.1 Å². The molecule has 3 aromatic carbocycles. The molecule has 0 aliphatic rings. The van der Waals surface area contributed by atoms with Gasteiger partial charge in [-0.3, -0.25) is 0 Å². The SMILES string of the molecule is CCOC(=O)c1c(Oc2cc(C(F)(F)F)cc(C(F)(F)F)c2)c2cc(Cl)ccc2n1-c1ccc(C(C)(C)C)cc1. The number of alkyl halides is 6. The van der Waals surface area contributed by atoms with E-state index in [1.165, 1.54) is 16.7 Å². The zero-order valence-electron chi connectivity index (χ0n) is 21.8. The molecule has 212 valence electrons. The average molecular weight is 584 g/mol. The van der Waals surface area contributed by atoms with E-state index in [1.54, 1.807) is 25.1 Å². The van der Waals surface area contributed by atoms with E-state index in [4.69, 9.17) is 21.1 Å². The van der Waals surface area contributed by atoms with E-state index in [0.29, 0.717) is 23.3 Å². The van der Waals surface area contributed by atoms with Gasteiger partial charge in [0.25, 0.3) is 0 Å². The number of hydrogen-bond donors (Lipinski definition) is 0. The van der Waals surface area contributed by atoms with Crippen molar-refractivity contribution in [2.45, 2.75) is 45.5 Å². The molecule has 0 unspecified atom stereocenters. The lowest BCUT2D eigenvalue weighted by atomic mass is 9.87. The lowest BCUT2D eigenvalue weighted by Crippen LogP contribution is -2.14. The topological polar surface area (TPSA) is 40.5 Å². The molecular weight excluding hydrogens is 560 g/mol. The summed E-state index contributed by atoms with van der Waals surface area (Å²) < 4.78 is 93.5. The number of fused-ring (bicyclic) bond motifs is 1. The van der Waals surface area contributed by atoms with Crippen molar-refractivity contribution in [1.29, 1.82) is 0 Å². The van der Waals surface area contributed by atoms with Crippen LogP contribution >= 0.6 is 11.6 Å². The first kappa shape index (κ1) is 29.3. The standard InChI is InChI=1S/C29H24ClF6NO3/c1-5-39-26(38)24-25(40-21-13-17(28(31,32)33)12-18(14-21)29(34,35)36)22-15-19(30)8-11-23(22)37(24)20-9-6-16(7-10-20)27(2,3)4/h6-15H,5H2,1-4H3. The van der Waals surface area contributed by atoms with E-state index < -0.39 is 35.2 Å². The fourth-order valence-electron chi connectivity index (χ4n) is 4.20. The second kappa shape index (κ2) is 10.4. The third-order valence-corrected chi connectivity index (χ3v) is 6.36. The Kier molecular flexibility index (Phi) is 7.62. The van der Waals surface area contributed by atoms with Crippen LogP contribution < -0.4 is 4.74 Å². The molecule has 4 nitrogen and oxygen atoms in total. The molecule has 4 rings (SSSR count). The molecule has 0 atom stereocenters. The van der Waals surface area contributed by atoms with E-state index in [0.717, 1.165) is 5.56 Å². The van der Waals surface area contributed by atoms with Crippen molar-refractivity contribution in [3.8, 4) is 17.2 Å². The largest absolute Gasteiger partial charge is 0.461 e. The zero-order valence-corrected chi connectivity index (χ0v) is 22.6. The number of hydrogen-bond acceptors (Lipinski definition) is 3. The molecule has 0 amide bonds. The summed E-state index contributed by atoms with van der Waals surface area (Å²) in [5.74, 6) is -1.97. The monoisotopic (exact) mass is 583 g/mol. The van der Waals surface area contributed by atoms with Crippen molar-refractivity contribution in [3.05, 3.63) is 88.1 Å². The Morgan fingerprint density at radius 1 is 0.825 bits per heavy atom. The van der Waals surface area contributed by atoms with Gasteiger partial charge in [-0.25, -0.2) is 4.79 Å². The highest BCUT2D eigenvalue weighted by atomic mass is 35.5. The molecule has 0 N–H and O–H groups in total. The number of rotatable bonds is 5. The highest BCUT2D eigenvalue weighted by Crippen LogP contribution is 2.43. The van der Waals surface area contributed by atoms with Crippen LogP contribution in [0, 0.1) is 0 Å². The molecule has 0 radical (unpaired) electrons. The van der Waals surface area contributed by atoms with Crippen molar-refractivity contribution in [1.82, 2.24) is 4.57 Å². The van der Waals surface area contributed by atoms with E-state index >= 15 is 0 Å². The number of carbonyl (C=O) groups excluding carboxylic acids is 1. The Morgan fingerprint density at radius 2 is 1.40 bits per heavy atom. The van der Waals surface area contributed by atoms with Crippen molar-refractivity contribution in [3.63, 3.8) is 0 Å². The molecule has 1 heterocycles. The van der Waals surface area contributed by atoms with Gasteiger partial charge in [0.15, 0.2) is 11.4 Å². The number of nitrogens with zero attached hydrogens (tertiary/aromatic N) is 1. The van der Waals surface area contributed by atoms with Crippen LogP contribution in [0.2, 0.25) is 5.02 Å². The van der Waals surface area contributed by atoms with Crippen LogP contribution in [0.15, 0.2) is 60.7 Å². The first-order chi connectivity index (χ1) is 18.5. The molecule has 1 aromatic heterocycles. The van der Waals surface area contributed by atoms with Crippen molar-refractivity contribution in [2.24, 2.45) is 0 Å². The molecule has 0 bridgehead atoms. The molecule has 40 heavy (non-hydrogen) atoms. The maximum absolute atomic E-state index is 13.5. The number of ether oxygens (including phenoxy) is 2. The maximum atomic E-state index is 13.5. The molecule has 11 heteroatoms. The van der Waals surface area contributed by atoms with E-state index in [-0.39, 0.29) is 39.9 Å². The number of aromatic nitrogens is 1. The van der Waals surface area contributed by atoms with Gasteiger partial charge in [0.05, 0.1) is 23.3 Å². The average Bonchev–Trinajstić information content (AvgIpc) is 3.15. The molecule has 0 saturated heterocycles. The molecular formula is C29H24ClF6NO3. The second-order valence-electron chi connectivity index (χ2n) is 10.0. The number of benzene rings is 3. The quantitative estimate of drug-likeness (QED) is 0.173. The van der Waals surface area contributed by atoms with Crippen molar-refractivity contribution in [2.75, 3.05) is 6.61 Å². The fourth-order valence-corrected chi connectivity index (χ4v) is 4.38.